The van der Waals surface area contributed by atoms with E-state index in [2.05, 4.69) is 5.32 Å². The average Bonchev–Trinajstić information content (AvgIpc) is 2.72. The van der Waals surface area contributed by atoms with Gasteiger partial charge in [0.05, 0.1) is 4.92 Å². The number of fused-ring (bicyclic) bond motifs is 4. The predicted molar refractivity (Wildman–Crippen MR) is 109 cm³/mol. The van der Waals surface area contributed by atoms with Crippen LogP contribution in [0.2, 0.25) is 0 Å². The van der Waals surface area contributed by atoms with Crippen LogP contribution in [-0.4, -0.2) is 35.0 Å². The molecule has 0 spiro atoms. The van der Waals surface area contributed by atoms with Gasteiger partial charge in [0.25, 0.3) is 17.2 Å². The van der Waals surface area contributed by atoms with Gasteiger partial charge in [-0.2, -0.15) is 0 Å². The van der Waals surface area contributed by atoms with Crippen molar-refractivity contribution in [1.82, 2.24) is 9.88 Å². The molecule has 2 unspecified atom stereocenters. The number of pyridine rings is 1. The van der Waals surface area contributed by atoms with Crippen LogP contribution in [0.1, 0.15) is 41.7 Å². The smallest absolute Gasteiger partial charge is 0.293 e. The highest BCUT2D eigenvalue weighted by atomic mass is 16.6. The summed E-state index contributed by atoms with van der Waals surface area (Å²) in [6.07, 6.45) is 1.78. The standard InChI is InChI=1S/C21H24N4O4/c1-2-8-22-21(27)15-6-7-18(19(10-15)25(28)29)23-11-14-9-16(13-23)17-4-3-5-20(26)24(17)12-14/h3-7,10,14,16H,2,8-9,11-13H2,1H3,(H,22,27). The molecule has 8 nitrogen and oxygen atoms in total. The van der Waals surface area contributed by atoms with E-state index in [1.807, 2.05) is 22.5 Å². The third kappa shape index (κ3) is 3.62. The Kier molecular flexibility index (Phi) is 5.08. The minimum absolute atomic E-state index is 0.0130. The quantitative estimate of drug-likeness (QED) is 0.619. The molecule has 1 amide bonds. The number of nitrogens with zero attached hydrogens (tertiary/aromatic N) is 3. The molecule has 1 saturated heterocycles. The van der Waals surface area contributed by atoms with Gasteiger partial charge in [0.15, 0.2) is 0 Å². The number of piperidine rings is 1. The second kappa shape index (κ2) is 7.69. The minimum Gasteiger partial charge on any atom is -0.365 e. The number of nitro benzene ring substituents is 1. The fourth-order valence-electron chi connectivity index (χ4n) is 4.51. The highest BCUT2D eigenvalue weighted by Gasteiger charge is 2.36. The maximum atomic E-state index is 12.2. The molecule has 1 aromatic heterocycles. The number of aromatic nitrogens is 1. The molecule has 2 atom stereocenters. The molecule has 2 aliphatic rings. The summed E-state index contributed by atoms with van der Waals surface area (Å²) in [5, 5.41) is 14.5. The zero-order valence-electron chi connectivity index (χ0n) is 16.3. The average molecular weight is 396 g/mol. The number of anilines is 1. The Labute approximate surface area is 168 Å². The fourth-order valence-corrected chi connectivity index (χ4v) is 4.51. The van der Waals surface area contributed by atoms with Crippen molar-refractivity contribution in [2.45, 2.75) is 32.2 Å². The van der Waals surface area contributed by atoms with Crippen molar-refractivity contribution in [1.29, 1.82) is 0 Å². The molecule has 1 N–H and O–H groups in total. The number of carbonyl (C=O) groups excluding carboxylic acids is 1. The second-order valence-electron chi connectivity index (χ2n) is 7.82. The van der Waals surface area contributed by atoms with Crippen LogP contribution in [0.15, 0.2) is 41.2 Å². The highest BCUT2D eigenvalue weighted by Crippen LogP contribution is 2.39. The molecule has 1 aromatic carbocycles. The Hall–Kier alpha value is -3.16. The van der Waals surface area contributed by atoms with Crippen molar-refractivity contribution in [3.63, 3.8) is 0 Å². The van der Waals surface area contributed by atoms with Crippen LogP contribution >= 0.6 is 0 Å². The molecule has 2 aliphatic heterocycles. The number of amides is 1. The van der Waals surface area contributed by atoms with Gasteiger partial charge in [-0.25, -0.2) is 0 Å². The first kappa shape index (κ1) is 19.2. The molecule has 1 fully saturated rings. The predicted octanol–water partition coefficient (Wildman–Crippen LogP) is 2.52. The number of benzene rings is 1. The SMILES string of the molecule is CCCNC(=O)c1ccc(N2CC3CC(C2)c2cccc(=O)n2C3)c([N+](=O)[O-])c1. The second-order valence-corrected chi connectivity index (χ2v) is 7.82. The van der Waals surface area contributed by atoms with Crippen LogP contribution in [0.5, 0.6) is 0 Å². The largest absolute Gasteiger partial charge is 0.365 e. The summed E-state index contributed by atoms with van der Waals surface area (Å²) in [5.74, 6) is 0.113. The first-order valence-corrected chi connectivity index (χ1v) is 9.99. The van der Waals surface area contributed by atoms with Crippen molar-refractivity contribution in [2.75, 3.05) is 24.5 Å². The monoisotopic (exact) mass is 396 g/mol. The lowest BCUT2D eigenvalue weighted by Crippen LogP contribution is -2.47. The van der Waals surface area contributed by atoms with Gasteiger partial charge in [-0.05, 0) is 37.0 Å². The van der Waals surface area contributed by atoms with E-state index in [1.165, 1.54) is 6.07 Å². The highest BCUT2D eigenvalue weighted by molar-refractivity contribution is 5.95. The van der Waals surface area contributed by atoms with Gasteiger partial charge >= 0.3 is 0 Å². The van der Waals surface area contributed by atoms with E-state index in [0.717, 1.165) is 18.5 Å². The van der Waals surface area contributed by atoms with Gasteiger partial charge < -0.3 is 14.8 Å². The maximum Gasteiger partial charge on any atom is 0.293 e. The van der Waals surface area contributed by atoms with Crippen LogP contribution in [0.4, 0.5) is 11.4 Å². The number of carbonyl (C=O) groups is 1. The van der Waals surface area contributed by atoms with E-state index in [-0.39, 0.29) is 29.0 Å². The third-order valence-electron chi connectivity index (χ3n) is 5.79. The molecule has 4 rings (SSSR count). The lowest BCUT2D eigenvalue weighted by molar-refractivity contribution is -0.384. The number of nitrogens with one attached hydrogen (secondary N) is 1. The van der Waals surface area contributed by atoms with E-state index >= 15 is 0 Å². The summed E-state index contributed by atoms with van der Waals surface area (Å²) in [6, 6.07) is 10.0. The molecule has 2 bridgehead atoms. The summed E-state index contributed by atoms with van der Waals surface area (Å²) in [7, 11) is 0. The molecule has 152 valence electrons. The molecule has 29 heavy (non-hydrogen) atoms. The lowest BCUT2D eigenvalue weighted by atomic mass is 9.83. The van der Waals surface area contributed by atoms with E-state index in [9.17, 15) is 19.7 Å². The summed E-state index contributed by atoms with van der Waals surface area (Å²) >= 11 is 0. The Morgan fingerprint density at radius 1 is 1.24 bits per heavy atom. The Bertz CT molecular complexity index is 1020. The van der Waals surface area contributed by atoms with Crippen molar-refractivity contribution in [3.05, 3.63) is 68.1 Å². The Morgan fingerprint density at radius 3 is 2.83 bits per heavy atom. The van der Waals surface area contributed by atoms with Gasteiger partial charge in [-0.1, -0.05) is 13.0 Å². The van der Waals surface area contributed by atoms with Crippen molar-refractivity contribution in [2.24, 2.45) is 5.92 Å². The van der Waals surface area contributed by atoms with E-state index in [0.29, 0.717) is 37.4 Å². The lowest BCUT2D eigenvalue weighted by Gasteiger charge is -2.43. The van der Waals surface area contributed by atoms with Gasteiger partial charge in [-0.3, -0.25) is 19.7 Å². The van der Waals surface area contributed by atoms with Gasteiger partial charge in [0.2, 0.25) is 0 Å². The van der Waals surface area contributed by atoms with Crippen molar-refractivity contribution < 1.29 is 9.72 Å². The first-order chi connectivity index (χ1) is 14.0. The van der Waals surface area contributed by atoms with Crippen molar-refractivity contribution >= 4 is 17.3 Å². The fraction of sp³-hybridized carbons (Fsp3) is 0.429. The van der Waals surface area contributed by atoms with Crippen molar-refractivity contribution in [3.8, 4) is 0 Å². The Balaban J connectivity index is 1.64. The van der Waals surface area contributed by atoms with Crippen LogP contribution < -0.4 is 15.8 Å². The topological polar surface area (TPSA) is 97.5 Å². The molecular formula is C21H24N4O4. The zero-order valence-corrected chi connectivity index (χ0v) is 16.3. The normalized spacial score (nSPS) is 20.1. The summed E-state index contributed by atoms with van der Waals surface area (Å²) in [6.45, 7) is 4.38. The molecule has 3 heterocycles. The third-order valence-corrected chi connectivity index (χ3v) is 5.79. The number of hydrogen-bond acceptors (Lipinski definition) is 5. The summed E-state index contributed by atoms with van der Waals surface area (Å²) < 4.78 is 1.84. The van der Waals surface area contributed by atoms with Gasteiger partial charge in [0.1, 0.15) is 5.69 Å². The number of nitro groups is 1. The molecule has 8 heteroatoms. The summed E-state index contributed by atoms with van der Waals surface area (Å²) in [5.41, 5.74) is 1.78. The maximum absolute atomic E-state index is 12.2. The Morgan fingerprint density at radius 2 is 2.07 bits per heavy atom. The van der Waals surface area contributed by atoms with Gasteiger partial charge in [0, 0.05) is 55.5 Å². The van der Waals surface area contributed by atoms with E-state index in [1.54, 1.807) is 24.3 Å². The van der Waals surface area contributed by atoms with Crippen LogP contribution in [0, 0.1) is 16.0 Å². The van der Waals surface area contributed by atoms with Crippen LogP contribution in [0.25, 0.3) is 0 Å². The molecule has 0 aliphatic carbocycles. The van der Waals surface area contributed by atoms with Crippen LogP contribution in [0.3, 0.4) is 0 Å². The first-order valence-electron chi connectivity index (χ1n) is 9.99. The number of rotatable bonds is 5. The van der Waals surface area contributed by atoms with Gasteiger partial charge in [-0.15, -0.1) is 0 Å². The minimum atomic E-state index is -0.422. The van der Waals surface area contributed by atoms with E-state index in [4.69, 9.17) is 0 Å². The number of hydrogen-bond donors (Lipinski definition) is 1. The summed E-state index contributed by atoms with van der Waals surface area (Å²) in [4.78, 5) is 37.8. The molecule has 0 radical (unpaired) electrons. The zero-order chi connectivity index (χ0) is 20.5. The van der Waals surface area contributed by atoms with Crippen LogP contribution in [-0.2, 0) is 6.54 Å². The van der Waals surface area contributed by atoms with E-state index < -0.39 is 4.92 Å². The molecular weight excluding hydrogens is 372 g/mol. The molecule has 0 saturated carbocycles. The molecule has 2 aromatic rings.